The minimum absolute atomic E-state index is 0.378. The first-order chi connectivity index (χ1) is 6.43. The van der Waals surface area contributed by atoms with Crippen molar-refractivity contribution in [3.63, 3.8) is 0 Å². The number of alkyl halides is 2. The molecule has 0 fully saturated rings. The average molecular weight is 249 g/mol. The molecule has 0 amide bonds. The Morgan fingerprint density at radius 3 is 1.86 bits per heavy atom. The average Bonchev–Trinajstić information content (AvgIpc) is 2.09. The van der Waals surface area contributed by atoms with Gasteiger partial charge in [-0.1, -0.05) is 23.2 Å². The number of hydrogen-bond acceptors (Lipinski definition) is 1. The third kappa shape index (κ3) is 2.22. The molecule has 0 aliphatic rings. The molecule has 0 spiro atoms. The molecule has 0 aliphatic heterocycles. The van der Waals surface area contributed by atoms with Crippen molar-refractivity contribution in [3.8, 4) is 5.75 Å². The molecule has 0 saturated heterocycles. The highest BCUT2D eigenvalue weighted by Gasteiger charge is 2.20. The predicted molar refractivity (Wildman–Crippen MR) is 43.0 cm³/mol. The van der Waals surface area contributed by atoms with Crippen LogP contribution in [0.1, 0.15) is 0 Å². The van der Waals surface area contributed by atoms with Crippen LogP contribution in [0.4, 0.5) is 17.6 Å². The Morgan fingerprint density at radius 1 is 1.07 bits per heavy atom. The summed E-state index contributed by atoms with van der Waals surface area (Å²) in [6.45, 7) is -3.26. The lowest BCUT2D eigenvalue weighted by Crippen LogP contribution is -2.04. The van der Waals surface area contributed by atoms with Crippen molar-refractivity contribution in [1.82, 2.24) is 0 Å². The van der Waals surface area contributed by atoms with Crippen LogP contribution in [0.5, 0.6) is 5.75 Å². The zero-order chi connectivity index (χ0) is 10.9. The van der Waals surface area contributed by atoms with Gasteiger partial charge >= 0.3 is 6.61 Å². The molecule has 0 aliphatic carbocycles. The highest BCUT2D eigenvalue weighted by molar-refractivity contribution is 6.37. The van der Waals surface area contributed by atoms with E-state index in [1.165, 1.54) is 0 Å². The van der Waals surface area contributed by atoms with E-state index in [1.807, 2.05) is 0 Å². The number of benzene rings is 1. The highest BCUT2D eigenvalue weighted by Crippen LogP contribution is 2.37. The van der Waals surface area contributed by atoms with Gasteiger partial charge in [0.05, 0.1) is 0 Å². The molecule has 1 aromatic rings. The Bertz CT molecular complexity index is 330. The van der Waals surface area contributed by atoms with E-state index in [-0.39, 0.29) is 0 Å². The van der Waals surface area contributed by atoms with Crippen molar-refractivity contribution in [3.05, 3.63) is 27.7 Å². The van der Waals surface area contributed by atoms with Crippen LogP contribution in [0.15, 0.2) is 6.07 Å². The van der Waals surface area contributed by atoms with Gasteiger partial charge in [-0.05, 0) is 0 Å². The van der Waals surface area contributed by atoms with Gasteiger partial charge in [0.2, 0.25) is 0 Å². The molecule has 1 nitrogen and oxygen atoms in total. The van der Waals surface area contributed by atoms with Gasteiger partial charge in [-0.2, -0.15) is 8.78 Å². The van der Waals surface area contributed by atoms with Crippen molar-refractivity contribution >= 4 is 23.2 Å². The van der Waals surface area contributed by atoms with Crippen molar-refractivity contribution < 1.29 is 22.3 Å². The Hall–Kier alpha value is -0.680. The number of hydrogen-bond donors (Lipinski definition) is 0. The van der Waals surface area contributed by atoms with Crippen LogP contribution in [0.3, 0.4) is 0 Å². The van der Waals surface area contributed by atoms with Crippen LogP contribution in [-0.4, -0.2) is 6.61 Å². The summed E-state index contributed by atoms with van der Waals surface area (Å²) in [6.07, 6.45) is 0. The Balaban J connectivity index is 3.25. The van der Waals surface area contributed by atoms with E-state index in [9.17, 15) is 17.6 Å². The van der Waals surface area contributed by atoms with Crippen LogP contribution in [0.2, 0.25) is 10.0 Å². The largest absolute Gasteiger partial charge is 0.431 e. The van der Waals surface area contributed by atoms with Crippen molar-refractivity contribution in [2.75, 3.05) is 0 Å². The molecule has 1 aromatic carbocycles. The molecule has 1 rings (SSSR count). The Labute approximate surface area is 86.2 Å². The van der Waals surface area contributed by atoms with Crippen LogP contribution < -0.4 is 4.74 Å². The second kappa shape index (κ2) is 4.23. The summed E-state index contributed by atoms with van der Waals surface area (Å²) in [5, 5.41) is -1.56. The van der Waals surface area contributed by atoms with E-state index in [4.69, 9.17) is 23.2 Å². The lowest BCUT2D eigenvalue weighted by molar-refractivity contribution is -0.0500. The van der Waals surface area contributed by atoms with Gasteiger partial charge in [0, 0.05) is 6.07 Å². The fourth-order valence-electron chi connectivity index (χ4n) is 0.744. The summed E-state index contributed by atoms with van der Waals surface area (Å²) in [5.41, 5.74) is 0. The number of rotatable bonds is 2. The summed E-state index contributed by atoms with van der Waals surface area (Å²) in [4.78, 5) is 0. The van der Waals surface area contributed by atoms with Crippen molar-refractivity contribution in [2.45, 2.75) is 6.61 Å². The van der Waals surface area contributed by atoms with Gasteiger partial charge in [-0.3, -0.25) is 0 Å². The quantitative estimate of drug-likeness (QED) is 0.571. The maximum Gasteiger partial charge on any atom is 0.387 e. The van der Waals surface area contributed by atoms with Crippen molar-refractivity contribution in [1.29, 1.82) is 0 Å². The molecule has 0 N–H and O–H groups in total. The van der Waals surface area contributed by atoms with Gasteiger partial charge in [0.25, 0.3) is 0 Å². The first-order valence-corrected chi connectivity index (χ1v) is 3.97. The summed E-state index contributed by atoms with van der Waals surface area (Å²) < 4.78 is 52.7. The minimum Gasteiger partial charge on any atom is -0.431 e. The first-order valence-electron chi connectivity index (χ1n) is 3.21. The summed E-state index contributed by atoms with van der Waals surface area (Å²) in [6, 6.07) is 0.378. The standard InChI is InChI=1S/C7H2Cl2F4O/c8-4-2(10)1-3(11)5(9)6(4)14-7(12)13/h1,7H. The van der Waals surface area contributed by atoms with E-state index in [2.05, 4.69) is 4.74 Å². The van der Waals surface area contributed by atoms with Gasteiger partial charge in [-0.25, -0.2) is 8.78 Å². The molecule has 0 unspecified atom stereocenters. The third-order valence-electron chi connectivity index (χ3n) is 1.28. The molecule has 14 heavy (non-hydrogen) atoms. The van der Waals surface area contributed by atoms with Gasteiger partial charge in [0.1, 0.15) is 21.7 Å². The van der Waals surface area contributed by atoms with E-state index >= 15 is 0 Å². The third-order valence-corrected chi connectivity index (χ3v) is 1.98. The van der Waals surface area contributed by atoms with Crippen LogP contribution in [-0.2, 0) is 0 Å². The normalized spacial score (nSPS) is 10.8. The summed E-state index contributed by atoms with van der Waals surface area (Å²) in [7, 11) is 0. The second-order valence-corrected chi connectivity index (χ2v) is 2.93. The van der Waals surface area contributed by atoms with Gasteiger partial charge < -0.3 is 4.74 Å². The molecular weight excluding hydrogens is 247 g/mol. The van der Waals surface area contributed by atoms with Gasteiger partial charge in [0.15, 0.2) is 5.75 Å². The molecule has 0 heterocycles. The van der Waals surface area contributed by atoms with E-state index in [0.29, 0.717) is 6.07 Å². The second-order valence-electron chi connectivity index (χ2n) is 2.18. The van der Waals surface area contributed by atoms with E-state index in [1.54, 1.807) is 0 Å². The number of ether oxygens (including phenoxy) is 1. The molecule has 0 aromatic heterocycles. The maximum atomic E-state index is 12.7. The molecule has 0 bridgehead atoms. The molecule has 7 heteroatoms. The van der Waals surface area contributed by atoms with E-state index < -0.39 is 34.0 Å². The smallest absolute Gasteiger partial charge is 0.387 e. The summed E-state index contributed by atoms with van der Waals surface area (Å²) >= 11 is 10.5. The zero-order valence-electron chi connectivity index (χ0n) is 6.33. The summed E-state index contributed by atoms with van der Waals surface area (Å²) in [5.74, 6) is -3.34. The Morgan fingerprint density at radius 2 is 1.50 bits per heavy atom. The molecule has 0 saturated carbocycles. The number of halogens is 6. The molecule has 78 valence electrons. The predicted octanol–water partition coefficient (Wildman–Crippen LogP) is 3.87. The Kier molecular flexibility index (Phi) is 3.44. The molecular formula is C7H2Cl2F4O. The fraction of sp³-hybridized carbons (Fsp3) is 0.143. The topological polar surface area (TPSA) is 9.23 Å². The molecule has 0 atom stereocenters. The van der Waals surface area contributed by atoms with Crippen LogP contribution >= 0.6 is 23.2 Å². The minimum atomic E-state index is -3.26. The monoisotopic (exact) mass is 248 g/mol. The van der Waals surface area contributed by atoms with E-state index in [0.717, 1.165) is 0 Å². The highest BCUT2D eigenvalue weighted by atomic mass is 35.5. The van der Waals surface area contributed by atoms with Crippen LogP contribution in [0, 0.1) is 11.6 Å². The van der Waals surface area contributed by atoms with Gasteiger partial charge in [-0.15, -0.1) is 0 Å². The lowest BCUT2D eigenvalue weighted by atomic mass is 10.3. The van der Waals surface area contributed by atoms with Crippen molar-refractivity contribution in [2.24, 2.45) is 0 Å². The first kappa shape index (κ1) is 11.4. The zero-order valence-corrected chi connectivity index (χ0v) is 7.84. The SMILES string of the molecule is Fc1cc(F)c(Cl)c(OC(F)F)c1Cl. The fourth-order valence-corrected chi connectivity index (χ4v) is 1.18. The maximum absolute atomic E-state index is 12.7. The molecule has 0 radical (unpaired) electrons. The van der Waals surface area contributed by atoms with Crippen LogP contribution in [0.25, 0.3) is 0 Å². The lowest BCUT2D eigenvalue weighted by Gasteiger charge is -2.09.